The zero-order valence-corrected chi connectivity index (χ0v) is 7.11. The van der Waals surface area contributed by atoms with Crippen LogP contribution in [0.25, 0.3) is 0 Å². The van der Waals surface area contributed by atoms with Crippen LogP contribution >= 0.6 is 0 Å². The standard InChI is InChI=1S/C9H16O/c1-4-9(5-2)7-6-8(3)10/h4H,5-7H2,1-3H3/b9-4-. The molecular formula is C9H16O. The first kappa shape index (κ1) is 9.41. The normalized spacial score (nSPS) is 11.7. The summed E-state index contributed by atoms with van der Waals surface area (Å²) in [6, 6.07) is 0. The van der Waals surface area contributed by atoms with Crippen LogP contribution in [0, 0.1) is 0 Å². The van der Waals surface area contributed by atoms with Crippen LogP contribution in [-0.2, 0) is 4.79 Å². The van der Waals surface area contributed by atoms with Gasteiger partial charge in [-0.1, -0.05) is 18.6 Å². The Kier molecular flexibility index (Phi) is 4.91. The molecule has 0 amide bonds. The van der Waals surface area contributed by atoms with E-state index in [1.54, 1.807) is 6.92 Å². The summed E-state index contributed by atoms with van der Waals surface area (Å²) < 4.78 is 0. The van der Waals surface area contributed by atoms with Gasteiger partial charge >= 0.3 is 0 Å². The first-order valence-electron chi connectivity index (χ1n) is 3.84. The van der Waals surface area contributed by atoms with Crippen molar-refractivity contribution in [3.05, 3.63) is 11.6 Å². The van der Waals surface area contributed by atoms with Gasteiger partial charge in [-0.3, -0.25) is 0 Å². The van der Waals surface area contributed by atoms with E-state index in [0.717, 1.165) is 12.8 Å². The summed E-state index contributed by atoms with van der Waals surface area (Å²) >= 11 is 0. The average molecular weight is 140 g/mol. The van der Waals surface area contributed by atoms with Gasteiger partial charge in [0, 0.05) is 6.42 Å². The van der Waals surface area contributed by atoms with Crippen molar-refractivity contribution in [3.8, 4) is 0 Å². The van der Waals surface area contributed by atoms with E-state index in [2.05, 4.69) is 13.0 Å². The largest absolute Gasteiger partial charge is 0.300 e. The topological polar surface area (TPSA) is 17.1 Å². The lowest BCUT2D eigenvalue weighted by Crippen LogP contribution is -1.90. The zero-order chi connectivity index (χ0) is 7.98. The van der Waals surface area contributed by atoms with Gasteiger partial charge in [-0.05, 0) is 26.7 Å². The number of hydrogen-bond acceptors (Lipinski definition) is 1. The SMILES string of the molecule is C/C=C(/CC)CCC(C)=O. The summed E-state index contributed by atoms with van der Waals surface area (Å²) in [6.45, 7) is 5.79. The van der Waals surface area contributed by atoms with Crippen LogP contribution in [0.4, 0.5) is 0 Å². The van der Waals surface area contributed by atoms with Crippen molar-refractivity contribution in [3.63, 3.8) is 0 Å². The summed E-state index contributed by atoms with van der Waals surface area (Å²) in [5, 5.41) is 0. The molecule has 1 heteroatoms. The summed E-state index contributed by atoms with van der Waals surface area (Å²) in [5.74, 6) is 0.285. The van der Waals surface area contributed by atoms with E-state index in [0.29, 0.717) is 6.42 Å². The van der Waals surface area contributed by atoms with Gasteiger partial charge in [0.1, 0.15) is 5.78 Å². The molecule has 0 saturated carbocycles. The first-order chi connectivity index (χ1) is 4.70. The molecule has 0 aliphatic carbocycles. The molecule has 0 unspecified atom stereocenters. The van der Waals surface area contributed by atoms with Gasteiger partial charge in [0.2, 0.25) is 0 Å². The van der Waals surface area contributed by atoms with Crippen molar-refractivity contribution in [1.29, 1.82) is 0 Å². The Labute approximate surface area is 63.1 Å². The van der Waals surface area contributed by atoms with Gasteiger partial charge in [-0.2, -0.15) is 0 Å². The molecule has 0 aromatic rings. The first-order valence-corrected chi connectivity index (χ1v) is 3.84. The molecule has 0 aromatic heterocycles. The minimum absolute atomic E-state index is 0.285. The number of carbonyl (C=O) groups is 1. The minimum Gasteiger partial charge on any atom is -0.300 e. The van der Waals surface area contributed by atoms with E-state index < -0.39 is 0 Å². The van der Waals surface area contributed by atoms with E-state index in [1.807, 2.05) is 6.92 Å². The van der Waals surface area contributed by atoms with E-state index in [-0.39, 0.29) is 5.78 Å². The predicted octanol–water partition coefficient (Wildman–Crippen LogP) is 2.71. The molecule has 0 aliphatic rings. The van der Waals surface area contributed by atoms with Crippen LogP contribution in [0.15, 0.2) is 11.6 Å². The zero-order valence-electron chi connectivity index (χ0n) is 7.11. The summed E-state index contributed by atoms with van der Waals surface area (Å²) in [5.41, 5.74) is 1.38. The Hall–Kier alpha value is -0.590. The maximum absolute atomic E-state index is 10.6. The fourth-order valence-electron chi connectivity index (χ4n) is 0.862. The molecule has 0 saturated heterocycles. The maximum Gasteiger partial charge on any atom is 0.130 e. The third-order valence-corrected chi connectivity index (χ3v) is 1.66. The number of Topliss-reactive ketones (excluding diaryl/α,β-unsaturated/α-hetero) is 1. The summed E-state index contributed by atoms with van der Waals surface area (Å²) in [7, 11) is 0. The van der Waals surface area contributed by atoms with Crippen LogP contribution in [0.5, 0.6) is 0 Å². The van der Waals surface area contributed by atoms with Gasteiger partial charge in [0.25, 0.3) is 0 Å². The van der Waals surface area contributed by atoms with Crippen LogP contribution in [0.3, 0.4) is 0 Å². The van der Waals surface area contributed by atoms with Crippen molar-refractivity contribution in [2.24, 2.45) is 0 Å². The monoisotopic (exact) mass is 140 g/mol. The summed E-state index contributed by atoms with van der Waals surface area (Å²) in [4.78, 5) is 10.6. The van der Waals surface area contributed by atoms with E-state index in [1.165, 1.54) is 5.57 Å². The van der Waals surface area contributed by atoms with E-state index in [4.69, 9.17) is 0 Å². The van der Waals surface area contributed by atoms with Crippen molar-refractivity contribution in [2.45, 2.75) is 40.0 Å². The lowest BCUT2D eigenvalue weighted by Gasteiger charge is -1.99. The average Bonchev–Trinajstić information content (AvgIpc) is 1.90. The van der Waals surface area contributed by atoms with Gasteiger partial charge in [-0.15, -0.1) is 0 Å². The van der Waals surface area contributed by atoms with Crippen molar-refractivity contribution in [2.75, 3.05) is 0 Å². The quantitative estimate of drug-likeness (QED) is 0.549. The molecule has 10 heavy (non-hydrogen) atoms. The highest BCUT2D eigenvalue weighted by atomic mass is 16.1. The lowest BCUT2D eigenvalue weighted by molar-refractivity contribution is -0.116. The minimum atomic E-state index is 0.285. The van der Waals surface area contributed by atoms with E-state index in [9.17, 15) is 4.79 Å². The van der Waals surface area contributed by atoms with Crippen LogP contribution < -0.4 is 0 Å². The van der Waals surface area contributed by atoms with Crippen molar-refractivity contribution < 1.29 is 4.79 Å². The van der Waals surface area contributed by atoms with Gasteiger partial charge in [0.15, 0.2) is 0 Å². The Morgan fingerprint density at radius 1 is 1.40 bits per heavy atom. The third kappa shape index (κ3) is 4.30. The van der Waals surface area contributed by atoms with E-state index >= 15 is 0 Å². The van der Waals surface area contributed by atoms with Crippen LogP contribution in [0.1, 0.15) is 40.0 Å². The Balaban J connectivity index is 3.56. The molecule has 0 aliphatic heterocycles. The Morgan fingerprint density at radius 3 is 2.30 bits per heavy atom. The predicted molar refractivity (Wildman–Crippen MR) is 44.0 cm³/mol. The maximum atomic E-state index is 10.6. The number of rotatable bonds is 4. The molecule has 58 valence electrons. The molecule has 0 aromatic carbocycles. The molecule has 0 spiro atoms. The fourth-order valence-corrected chi connectivity index (χ4v) is 0.862. The van der Waals surface area contributed by atoms with Gasteiger partial charge in [-0.25, -0.2) is 0 Å². The van der Waals surface area contributed by atoms with Gasteiger partial charge < -0.3 is 4.79 Å². The lowest BCUT2D eigenvalue weighted by atomic mass is 10.1. The van der Waals surface area contributed by atoms with Crippen LogP contribution in [0.2, 0.25) is 0 Å². The van der Waals surface area contributed by atoms with Crippen molar-refractivity contribution in [1.82, 2.24) is 0 Å². The summed E-state index contributed by atoms with van der Waals surface area (Å²) in [6.07, 6.45) is 4.82. The molecule has 0 fully saturated rings. The third-order valence-electron chi connectivity index (χ3n) is 1.66. The number of carbonyl (C=O) groups excluding carboxylic acids is 1. The van der Waals surface area contributed by atoms with Crippen molar-refractivity contribution >= 4 is 5.78 Å². The smallest absolute Gasteiger partial charge is 0.130 e. The molecule has 0 atom stereocenters. The molecule has 1 nitrogen and oxygen atoms in total. The molecule has 0 bridgehead atoms. The Morgan fingerprint density at radius 2 is 2.00 bits per heavy atom. The van der Waals surface area contributed by atoms with Gasteiger partial charge in [0.05, 0.1) is 0 Å². The molecule has 0 rings (SSSR count). The number of hydrogen-bond donors (Lipinski definition) is 0. The second-order valence-electron chi connectivity index (χ2n) is 2.50. The molecule has 0 radical (unpaired) electrons. The highest BCUT2D eigenvalue weighted by molar-refractivity contribution is 5.75. The highest BCUT2D eigenvalue weighted by Gasteiger charge is 1.95. The number of ketones is 1. The Bertz CT molecular complexity index is 134. The van der Waals surface area contributed by atoms with Crippen LogP contribution in [-0.4, -0.2) is 5.78 Å². The number of allylic oxidation sites excluding steroid dienone is 2. The molecular weight excluding hydrogens is 124 g/mol. The molecule has 0 heterocycles. The fraction of sp³-hybridized carbons (Fsp3) is 0.667. The second kappa shape index (κ2) is 5.21. The second-order valence-corrected chi connectivity index (χ2v) is 2.50. The molecule has 0 N–H and O–H groups in total. The highest BCUT2D eigenvalue weighted by Crippen LogP contribution is 2.08.